The number of hydrazine groups is 2. The summed E-state index contributed by atoms with van der Waals surface area (Å²) in [7, 11) is 0. The van der Waals surface area contributed by atoms with Crippen molar-refractivity contribution in [3.05, 3.63) is 84.3 Å². The molecule has 138 valence electrons. The number of hydrogen-bond donors (Lipinski definition) is 3. The zero-order chi connectivity index (χ0) is 19.2. The van der Waals surface area contributed by atoms with E-state index < -0.39 is 0 Å². The molecule has 3 rings (SSSR count). The number of nitrogens with two attached hydrogens (primary N) is 2. The van der Waals surface area contributed by atoms with E-state index >= 15 is 0 Å². The molecule has 1 heterocycles. The van der Waals surface area contributed by atoms with Gasteiger partial charge < -0.3 is 10.2 Å². The van der Waals surface area contributed by atoms with Crippen LogP contribution in [-0.2, 0) is 6.61 Å². The van der Waals surface area contributed by atoms with Gasteiger partial charge in [0.05, 0.1) is 5.69 Å². The third-order valence-corrected chi connectivity index (χ3v) is 4.13. The Balaban J connectivity index is 1.83. The van der Waals surface area contributed by atoms with E-state index in [-0.39, 0.29) is 0 Å². The van der Waals surface area contributed by atoms with Crippen molar-refractivity contribution >= 4 is 5.69 Å². The topological polar surface area (TPSA) is 102 Å². The number of ether oxygens (including phenoxy) is 1. The van der Waals surface area contributed by atoms with Gasteiger partial charge in [-0.05, 0) is 18.6 Å². The fourth-order valence-electron chi connectivity index (χ4n) is 2.61. The van der Waals surface area contributed by atoms with E-state index in [1.54, 1.807) is 12.3 Å². The van der Waals surface area contributed by atoms with E-state index in [0.717, 1.165) is 22.4 Å². The Hall–Kier alpha value is -3.42. The van der Waals surface area contributed by atoms with E-state index in [1.807, 2.05) is 55.5 Å². The highest BCUT2D eigenvalue weighted by Gasteiger charge is 2.13. The monoisotopic (exact) mass is 362 g/mol. The number of nitrogens with one attached hydrogen (secondary N) is 1. The van der Waals surface area contributed by atoms with Crippen LogP contribution >= 0.6 is 0 Å². The van der Waals surface area contributed by atoms with Gasteiger partial charge in [0.25, 0.3) is 0 Å². The molecular formula is C20H22N6O. The summed E-state index contributed by atoms with van der Waals surface area (Å²) in [5.74, 6) is 13.0. The van der Waals surface area contributed by atoms with Crippen molar-refractivity contribution in [3.8, 4) is 17.3 Å². The molecule has 0 saturated carbocycles. The predicted octanol–water partition coefficient (Wildman–Crippen LogP) is 2.65. The van der Waals surface area contributed by atoms with Gasteiger partial charge in [0.1, 0.15) is 12.4 Å². The van der Waals surface area contributed by atoms with Crippen molar-refractivity contribution in [3.63, 3.8) is 0 Å². The lowest BCUT2D eigenvalue weighted by molar-refractivity contribution is 0.293. The van der Waals surface area contributed by atoms with Crippen LogP contribution in [0.5, 0.6) is 5.88 Å². The Labute approximate surface area is 158 Å². The molecule has 0 spiro atoms. The highest BCUT2D eigenvalue weighted by molar-refractivity contribution is 5.58. The molecule has 0 radical (unpaired) electrons. The highest BCUT2D eigenvalue weighted by atomic mass is 16.5. The summed E-state index contributed by atoms with van der Waals surface area (Å²) in [6.07, 6.45) is 1.68. The van der Waals surface area contributed by atoms with Crippen LogP contribution in [0.25, 0.3) is 11.4 Å². The lowest BCUT2D eigenvalue weighted by Crippen LogP contribution is -2.40. The van der Waals surface area contributed by atoms with Gasteiger partial charge in [-0.3, -0.25) is 5.01 Å². The summed E-state index contributed by atoms with van der Waals surface area (Å²) in [4.78, 5) is 8.79. The molecule has 0 aliphatic rings. The molecule has 7 heteroatoms. The van der Waals surface area contributed by atoms with E-state index in [1.165, 1.54) is 5.01 Å². The fourth-order valence-corrected chi connectivity index (χ4v) is 2.61. The van der Waals surface area contributed by atoms with Crippen LogP contribution in [0.3, 0.4) is 0 Å². The van der Waals surface area contributed by atoms with E-state index in [9.17, 15) is 0 Å². The predicted molar refractivity (Wildman–Crippen MR) is 106 cm³/mol. The molecule has 0 atom stereocenters. The Morgan fingerprint density at radius 3 is 2.67 bits per heavy atom. The summed E-state index contributed by atoms with van der Waals surface area (Å²) in [5, 5.41) is 1.39. The third-order valence-electron chi connectivity index (χ3n) is 4.13. The van der Waals surface area contributed by atoms with Crippen LogP contribution in [0.4, 0.5) is 5.69 Å². The summed E-state index contributed by atoms with van der Waals surface area (Å²) in [6.45, 7) is 6.07. The molecule has 0 fully saturated rings. The second-order valence-corrected chi connectivity index (χ2v) is 5.91. The third kappa shape index (κ3) is 4.22. The van der Waals surface area contributed by atoms with E-state index in [4.69, 9.17) is 16.4 Å². The van der Waals surface area contributed by atoms with Gasteiger partial charge in [0, 0.05) is 23.4 Å². The lowest BCUT2D eigenvalue weighted by atomic mass is 10.1. The molecule has 0 bridgehead atoms. The number of hydrogen-bond acceptors (Lipinski definition) is 7. The first-order valence-electron chi connectivity index (χ1n) is 8.40. The van der Waals surface area contributed by atoms with Gasteiger partial charge in [-0.15, -0.1) is 0 Å². The molecule has 2 aromatic carbocycles. The first-order chi connectivity index (χ1) is 13.1. The first-order valence-corrected chi connectivity index (χ1v) is 8.40. The number of nitrogens with zero attached hydrogens (tertiary/aromatic N) is 3. The quantitative estimate of drug-likeness (QED) is 0.438. The summed E-state index contributed by atoms with van der Waals surface area (Å²) >= 11 is 0. The number of benzene rings is 2. The van der Waals surface area contributed by atoms with Crippen LogP contribution in [0.2, 0.25) is 0 Å². The Morgan fingerprint density at radius 1 is 1.15 bits per heavy atom. The molecule has 0 aliphatic carbocycles. The minimum atomic E-state index is 0.290. The zero-order valence-corrected chi connectivity index (χ0v) is 15.1. The SMILES string of the molecule is C=C(NN)N(N)c1cccc(C)c1COc1ccnc(-c2ccccc2)n1. The summed E-state index contributed by atoms with van der Waals surface area (Å²) < 4.78 is 5.92. The van der Waals surface area contributed by atoms with Crippen LogP contribution in [-0.4, -0.2) is 9.97 Å². The molecule has 0 unspecified atom stereocenters. The molecule has 27 heavy (non-hydrogen) atoms. The maximum Gasteiger partial charge on any atom is 0.217 e. The minimum Gasteiger partial charge on any atom is -0.473 e. The standard InChI is InChI=1S/C20H22N6O/c1-14-7-6-10-18(26(22)15(2)25-21)17(14)13-27-19-11-12-23-20(24-19)16-8-4-3-5-9-16/h3-12,25H,2,13,21-22H2,1H3. The lowest BCUT2D eigenvalue weighted by Gasteiger charge is -2.24. The van der Waals surface area contributed by atoms with Gasteiger partial charge in [-0.1, -0.05) is 49.0 Å². The first kappa shape index (κ1) is 18.4. The molecule has 0 saturated heterocycles. The number of rotatable bonds is 7. The normalized spacial score (nSPS) is 10.3. The number of anilines is 1. The van der Waals surface area contributed by atoms with Crippen molar-refractivity contribution in [2.24, 2.45) is 11.7 Å². The fraction of sp³-hybridized carbons (Fsp3) is 0.100. The average Bonchev–Trinajstić information content (AvgIpc) is 2.72. The van der Waals surface area contributed by atoms with Gasteiger partial charge in [0.15, 0.2) is 5.82 Å². The second kappa shape index (κ2) is 8.31. The summed E-state index contributed by atoms with van der Waals surface area (Å²) in [6, 6.07) is 17.3. The summed E-state index contributed by atoms with van der Waals surface area (Å²) in [5.41, 5.74) is 6.07. The highest BCUT2D eigenvalue weighted by Crippen LogP contribution is 2.25. The van der Waals surface area contributed by atoms with Crippen LogP contribution < -0.4 is 26.9 Å². The Morgan fingerprint density at radius 2 is 1.93 bits per heavy atom. The second-order valence-electron chi connectivity index (χ2n) is 5.91. The molecule has 7 nitrogen and oxygen atoms in total. The molecule has 0 amide bonds. The average molecular weight is 362 g/mol. The van der Waals surface area contributed by atoms with E-state index in [0.29, 0.717) is 24.1 Å². The smallest absolute Gasteiger partial charge is 0.217 e. The Bertz CT molecular complexity index is 929. The van der Waals surface area contributed by atoms with Crippen molar-refractivity contribution in [2.45, 2.75) is 13.5 Å². The van der Waals surface area contributed by atoms with Crippen LogP contribution in [0, 0.1) is 6.92 Å². The molecule has 3 aromatic rings. The molecular weight excluding hydrogens is 340 g/mol. The Kier molecular flexibility index (Phi) is 5.65. The van der Waals surface area contributed by atoms with Crippen molar-refractivity contribution < 1.29 is 4.74 Å². The largest absolute Gasteiger partial charge is 0.473 e. The molecule has 5 N–H and O–H groups in total. The van der Waals surface area contributed by atoms with Crippen molar-refractivity contribution in [1.29, 1.82) is 0 Å². The zero-order valence-electron chi connectivity index (χ0n) is 15.1. The van der Waals surface area contributed by atoms with Gasteiger partial charge in [-0.2, -0.15) is 4.98 Å². The number of aryl methyl sites for hydroxylation is 1. The minimum absolute atomic E-state index is 0.290. The maximum absolute atomic E-state index is 6.10. The van der Waals surface area contributed by atoms with Gasteiger partial charge in [0.2, 0.25) is 5.88 Å². The van der Waals surface area contributed by atoms with Crippen molar-refractivity contribution in [2.75, 3.05) is 5.01 Å². The molecule has 1 aromatic heterocycles. The molecule has 0 aliphatic heterocycles. The van der Waals surface area contributed by atoms with Crippen molar-refractivity contribution in [1.82, 2.24) is 15.4 Å². The van der Waals surface area contributed by atoms with Gasteiger partial charge in [-0.25, -0.2) is 16.7 Å². The number of aromatic nitrogens is 2. The van der Waals surface area contributed by atoms with Gasteiger partial charge >= 0.3 is 0 Å². The van der Waals surface area contributed by atoms with E-state index in [2.05, 4.69) is 22.0 Å². The van der Waals surface area contributed by atoms with Crippen LogP contribution in [0.15, 0.2) is 73.2 Å². The maximum atomic E-state index is 6.10. The van der Waals surface area contributed by atoms with Crippen LogP contribution in [0.1, 0.15) is 11.1 Å².